The number of aliphatic hydroxyl groups is 3. The molecule has 0 bridgehead atoms. The van der Waals surface area contributed by atoms with Crippen LogP contribution in [-0.2, 0) is 23.0 Å². The number of ketones is 1. The Balaban J connectivity index is 4.38. The maximum Gasteiger partial charge on any atom is 0.469 e. The highest BCUT2D eigenvalue weighted by atomic mass is 31.2. The van der Waals surface area contributed by atoms with Gasteiger partial charge in [-0.15, -0.1) is 0 Å². The fourth-order valence-corrected chi connectivity index (χ4v) is 1.58. The highest BCUT2D eigenvalue weighted by Crippen LogP contribution is 2.36. The van der Waals surface area contributed by atoms with E-state index >= 15 is 0 Å². The Bertz CT molecular complexity index is 410. The van der Waals surface area contributed by atoms with Gasteiger partial charge in [0.15, 0.2) is 5.78 Å². The molecule has 0 fully saturated rings. The number of Topliss-reactive ketones (excluding diaryl/α,β-unsaturated/α-hetero) is 1. The Labute approximate surface area is 112 Å². The molecule has 0 unspecified atom stereocenters. The van der Waals surface area contributed by atoms with Gasteiger partial charge in [0.05, 0.1) is 13.2 Å². The first-order chi connectivity index (χ1) is 8.83. The molecule has 0 aliphatic rings. The minimum Gasteiger partial charge on any atom is -0.388 e. The third-order valence-electron chi connectivity index (χ3n) is 1.80. The van der Waals surface area contributed by atoms with Gasteiger partial charge in [0.2, 0.25) is 0 Å². The van der Waals surface area contributed by atoms with E-state index in [1.54, 1.807) is 0 Å². The predicted molar refractivity (Wildman–Crippen MR) is 59.0 cm³/mol. The molecule has 0 spiro atoms. The molecule has 0 heterocycles. The van der Waals surface area contributed by atoms with Gasteiger partial charge in [0.25, 0.3) is 0 Å². The SMILES string of the molecule is O=C([C@H](O)COP(=O)(O)O)[C@H](O)[C@H](O)COP(=O)(O)O. The molecule has 20 heavy (non-hydrogen) atoms. The molecule has 0 amide bonds. The first-order valence-corrected chi connectivity index (χ1v) is 7.87. The second-order valence-corrected chi connectivity index (χ2v) is 5.98. The summed E-state index contributed by atoms with van der Waals surface area (Å²) in [7, 11) is -9.85. The minimum absolute atomic E-state index is 1.11. The summed E-state index contributed by atoms with van der Waals surface area (Å²) >= 11 is 0. The Hall–Kier alpha value is -0.230. The second kappa shape index (κ2) is 7.69. The van der Waals surface area contributed by atoms with Gasteiger partial charge < -0.3 is 34.9 Å². The van der Waals surface area contributed by atoms with Gasteiger partial charge >= 0.3 is 15.6 Å². The molecule has 120 valence electrons. The molecule has 0 aliphatic carbocycles. The van der Waals surface area contributed by atoms with Crippen LogP contribution in [0.5, 0.6) is 0 Å². The molecule has 7 N–H and O–H groups in total. The Morgan fingerprint density at radius 3 is 1.70 bits per heavy atom. The Kier molecular flexibility index (Phi) is 7.60. The Morgan fingerprint density at radius 1 is 0.900 bits per heavy atom. The summed E-state index contributed by atoms with van der Waals surface area (Å²) in [5, 5.41) is 27.6. The van der Waals surface area contributed by atoms with Crippen molar-refractivity contribution in [3.05, 3.63) is 0 Å². The van der Waals surface area contributed by atoms with Crippen molar-refractivity contribution < 1.29 is 57.9 Å². The topological polar surface area (TPSA) is 211 Å². The van der Waals surface area contributed by atoms with E-state index in [1.807, 2.05) is 0 Å². The molecule has 0 aromatic carbocycles. The van der Waals surface area contributed by atoms with E-state index in [-0.39, 0.29) is 0 Å². The third kappa shape index (κ3) is 8.84. The van der Waals surface area contributed by atoms with Crippen molar-refractivity contribution in [1.29, 1.82) is 0 Å². The molecule has 3 atom stereocenters. The number of hydrogen-bond acceptors (Lipinski definition) is 8. The van der Waals surface area contributed by atoms with E-state index in [1.165, 1.54) is 0 Å². The van der Waals surface area contributed by atoms with Gasteiger partial charge in [0.1, 0.15) is 18.3 Å². The van der Waals surface area contributed by atoms with Crippen LogP contribution in [0.4, 0.5) is 0 Å². The molecule has 12 nitrogen and oxygen atoms in total. The zero-order chi connectivity index (χ0) is 16.1. The van der Waals surface area contributed by atoms with Crippen molar-refractivity contribution in [2.24, 2.45) is 0 Å². The average Bonchev–Trinajstić information content (AvgIpc) is 2.29. The van der Waals surface area contributed by atoms with Gasteiger partial charge in [-0.3, -0.25) is 13.8 Å². The van der Waals surface area contributed by atoms with Crippen LogP contribution in [0.25, 0.3) is 0 Å². The quantitative estimate of drug-likeness (QED) is 0.207. The average molecular weight is 340 g/mol. The molecule has 14 heteroatoms. The summed E-state index contributed by atoms with van der Waals surface area (Å²) < 4.78 is 28.2. The number of phosphoric acid groups is 2. The number of carbonyl (C=O) groups excluding carboxylic acids is 1. The van der Waals surface area contributed by atoms with Gasteiger partial charge in [-0.25, -0.2) is 9.13 Å². The molecule has 0 rings (SSSR count). The van der Waals surface area contributed by atoms with Crippen LogP contribution in [0.15, 0.2) is 0 Å². The van der Waals surface area contributed by atoms with Crippen LogP contribution in [-0.4, -0.2) is 72.2 Å². The van der Waals surface area contributed by atoms with Crippen LogP contribution < -0.4 is 0 Å². The zero-order valence-corrected chi connectivity index (χ0v) is 11.5. The van der Waals surface area contributed by atoms with Gasteiger partial charge in [-0.05, 0) is 0 Å². The van der Waals surface area contributed by atoms with Crippen molar-refractivity contribution in [3.8, 4) is 0 Å². The zero-order valence-electron chi connectivity index (χ0n) is 9.71. The normalized spacial score (nSPS) is 17.6. The molecule has 0 aromatic rings. The number of aliphatic hydroxyl groups excluding tert-OH is 3. The molecule has 0 saturated carbocycles. The molecule has 0 radical (unpaired) electrons. The first-order valence-electron chi connectivity index (χ1n) is 4.81. The standard InChI is InChI=1S/C6H14O12P2/c7-3(1-17-19(11,12)13)5(9)6(10)4(8)2-18-20(14,15)16/h3-5,7-9H,1-2H2,(H2,11,12,13)(H2,14,15,16)/t3-,4-,5-/m1/s1. The number of rotatable bonds is 9. The van der Waals surface area contributed by atoms with Crippen LogP contribution in [0.2, 0.25) is 0 Å². The van der Waals surface area contributed by atoms with E-state index < -0.39 is 53.0 Å². The Morgan fingerprint density at radius 2 is 1.30 bits per heavy atom. The van der Waals surface area contributed by atoms with E-state index in [4.69, 9.17) is 24.7 Å². The highest BCUT2D eigenvalue weighted by Gasteiger charge is 2.32. The van der Waals surface area contributed by atoms with Crippen molar-refractivity contribution in [2.45, 2.75) is 18.3 Å². The second-order valence-electron chi connectivity index (χ2n) is 3.50. The van der Waals surface area contributed by atoms with E-state index in [9.17, 15) is 24.1 Å². The van der Waals surface area contributed by atoms with Crippen LogP contribution in [0.3, 0.4) is 0 Å². The van der Waals surface area contributed by atoms with Gasteiger partial charge in [-0.2, -0.15) is 0 Å². The molecule has 0 aliphatic heterocycles. The summed E-state index contributed by atoms with van der Waals surface area (Å²) in [4.78, 5) is 44.6. The lowest BCUT2D eigenvalue weighted by atomic mass is 10.1. The maximum absolute atomic E-state index is 11.3. The molecular formula is C6H14O12P2. The summed E-state index contributed by atoms with van der Waals surface area (Å²) in [6.07, 6.45) is -6.53. The van der Waals surface area contributed by atoms with Crippen LogP contribution in [0, 0.1) is 0 Å². The lowest BCUT2D eigenvalue weighted by Crippen LogP contribution is -2.43. The summed E-state index contributed by atoms with van der Waals surface area (Å²) in [6, 6.07) is 0. The van der Waals surface area contributed by atoms with Gasteiger partial charge in [-0.1, -0.05) is 0 Å². The summed E-state index contributed by atoms with van der Waals surface area (Å²) in [5.41, 5.74) is 0. The largest absolute Gasteiger partial charge is 0.469 e. The lowest BCUT2D eigenvalue weighted by Gasteiger charge is -2.19. The number of hydrogen-bond donors (Lipinski definition) is 7. The molecule has 0 aromatic heterocycles. The van der Waals surface area contributed by atoms with E-state index in [0.717, 1.165) is 0 Å². The number of phosphoric ester groups is 2. The van der Waals surface area contributed by atoms with Crippen molar-refractivity contribution in [2.75, 3.05) is 13.2 Å². The highest BCUT2D eigenvalue weighted by molar-refractivity contribution is 7.46. The fraction of sp³-hybridized carbons (Fsp3) is 0.833. The number of carbonyl (C=O) groups is 1. The lowest BCUT2D eigenvalue weighted by molar-refractivity contribution is -0.144. The summed E-state index contributed by atoms with van der Waals surface area (Å²) in [6.45, 7) is -2.25. The monoisotopic (exact) mass is 340 g/mol. The molecule has 0 saturated heterocycles. The van der Waals surface area contributed by atoms with Crippen LogP contribution in [0.1, 0.15) is 0 Å². The van der Waals surface area contributed by atoms with Gasteiger partial charge in [0, 0.05) is 0 Å². The minimum atomic E-state index is -4.93. The maximum atomic E-state index is 11.3. The van der Waals surface area contributed by atoms with E-state index in [2.05, 4.69) is 9.05 Å². The summed E-state index contributed by atoms with van der Waals surface area (Å²) in [5.74, 6) is -1.47. The van der Waals surface area contributed by atoms with Crippen LogP contribution >= 0.6 is 15.6 Å². The first kappa shape index (κ1) is 19.8. The van der Waals surface area contributed by atoms with Crippen molar-refractivity contribution >= 4 is 21.4 Å². The third-order valence-corrected chi connectivity index (χ3v) is 2.77. The van der Waals surface area contributed by atoms with Crippen molar-refractivity contribution in [3.63, 3.8) is 0 Å². The predicted octanol–water partition coefficient (Wildman–Crippen LogP) is -3.14. The van der Waals surface area contributed by atoms with E-state index in [0.29, 0.717) is 0 Å². The smallest absolute Gasteiger partial charge is 0.388 e. The fourth-order valence-electron chi connectivity index (χ4n) is 0.901. The molecular weight excluding hydrogens is 326 g/mol. The van der Waals surface area contributed by atoms with Crippen molar-refractivity contribution in [1.82, 2.24) is 0 Å².